The van der Waals surface area contributed by atoms with E-state index in [1.165, 1.54) is 17.0 Å². The molecule has 1 aliphatic heterocycles. The number of carboxylic acid groups (broad SMARTS) is 1. The van der Waals surface area contributed by atoms with Crippen LogP contribution < -0.4 is 0 Å². The SMILES string of the molecule is O=C(O)C1CN(C(=O)c2ccc([N+](=O)[O-])cc2Cl)CCO1. The molecule has 8 nitrogen and oxygen atoms in total. The van der Waals surface area contributed by atoms with E-state index in [2.05, 4.69) is 0 Å². The number of hydrogen-bond donors (Lipinski definition) is 1. The van der Waals surface area contributed by atoms with Crippen molar-refractivity contribution in [3.63, 3.8) is 0 Å². The van der Waals surface area contributed by atoms with E-state index in [1.54, 1.807) is 0 Å². The van der Waals surface area contributed by atoms with Crippen molar-refractivity contribution >= 4 is 29.2 Å². The van der Waals surface area contributed by atoms with Gasteiger partial charge in [0.05, 0.1) is 28.7 Å². The Morgan fingerprint density at radius 1 is 1.48 bits per heavy atom. The predicted molar refractivity (Wildman–Crippen MR) is 71.4 cm³/mol. The molecule has 2 rings (SSSR count). The van der Waals surface area contributed by atoms with Crippen LogP contribution in [0.5, 0.6) is 0 Å². The number of carbonyl (C=O) groups is 2. The molecule has 1 saturated heterocycles. The van der Waals surface area contributed by atoms with Gasteiger partial charge in [-0.25, -0.2) is 4.79 Å². The van der Waals surface area contributed by atoms with Crippen molar-refractivity contribution in [2.75, 3.05) is 19.7 Å². The van der Waals surface area contributed by atoms with Crippen molar-refractivity contribution in [1.29, 1.82) is 0 Å². The number of rotatable bonds is 3. The number of halogens is 1. The highest BCUT2D eigenvalue weighted by molar-refractivity contribution is 6.34. The molecule has 1 heterocycles. The normalized spacial score (nSPS) is 18.3. The lowest BCUT2D eigenvalue weighted by Crippen LogP contribution is -2.48. The molecule has 9 heteroatoms. The Bertz CT molecular complexity index is 605. The van der Waals surface area contributed by atoms with E-state index in [0.717, 1.165) is 6.07 Å². The molecule has 1 atom stereocenters. The Labute approximate surface area is 124 Å². The van der Waals surface area contributed by atoms with Gasteiger partial charge in [-0.3, -0.25) is 14.9 Å². The number of aliphatic carboxylic acids is 1. The maximum Gasteiger partial charge on any atom is 0.334 e. The first-order chi connectivity index (χ1) is 9.90. The van der Waals surface area contributed by atoms with Gasteiger partial charge < -0.3 is 14.7 Å². The van der Waals surface area contributed by atoms with Gasteiger partial charge in [0.1, 0.15) is 0 Å². The molecule has 0 radical (unpaired) electrons. The number of ether oxygens (including phenoxy) is 1. The first-order valence-electron chi connectivity index (χ1n) is 5.97. The molecule has 21 heavy (non-hydrogen) atoms. The quantitative estimate of drug-likeness (QED) is 0.662. The molecule has 1 amide bonds. The zero-order chi connectivity index (χ0) is 15.6. The van der Waals surface area contributed by atoms with E-state index in [0.29, 0.717) is 0 Å². The third-order valence-electron chi connectivity index (χ3n) is 3.02. The van der Waals surface area contributed by atoms with Gasteiger partial charge in [0.15, 0.2) is 6.10 Å². The summed E-state index contributed by atoms with van der Waals surface area (Å²) in [7, 11) is 0. The van der Waals surface area contributed by atoms with Crippen LogP contribution in [0.2, 0.25) is 5.02 Å². The van der Waals surface area contributed by atoms with Crippen LogP contribution in [0.1, 0.15) is 10.4 Å². The lowest BCUT2D eigenvalue weighted by molar-refractivity contribution is -0.384. The van der Waals surface area contributed by atoms with Crippen molar-refractivity contribution in [3.8, 4) is 0 Å². The summed E-state index contributed by atoms with van der Waals surface area (Å²) < 4.78 is 5.02. The number of carbonyl (C=O) groups excluding carboxylic acids is 1. The molecule has 0 bridgehead atoms. The fourth-order valence-corrected chi connectivity index (χ4v) is 2.20. The lowest BCUT2D eigenvalue weighted by atomic mass is 10.1. The van der Waals surface area contributed by atoms with E-state index in [1.807, 2.05) is 0 Å². The molecule has 1 aliphatic rings. The average molecular weight is 315 g/mol. The third kappa shape index (κ3) is 3.29. The van der Waals surface area contributed by atoms with Gasteiger partial charge in [-0.2, -0.15) is 0 Å². The standard InChI is InChI=1S/C12H11ClN2O6/c13-9-5-7(15(19)20)1-2-8(9)11(16)14-3-4-21-10(6-14)12(17)18/h1-2,5,10H,3-4,6H2,(H,17,18). The van der Waals surface area contributed by atoms with Crippen LogP contribution >= 0.6 is 11.6 Å². The number of nitro groups is 1. The lowest BCUT2D eigenvalue weighted by Gasteiger charge is -2.31. The second kappa shape index (κ2) is 6.06. The molecule has 1 unspecified atom stereocenters. The van der Waals surface area contributed by atoms with Gasteiger partial charge in [-0.1, -0.05) is 11.6 Å². The highest BCUT2D eigenvalue weighted by Crippen LogP contribution is 2.24. The zero-order valence-corrected chi connectivity index (χ0v) is 11.4. The van der Waals surface area contributed by atoms with Crippen LogP contribution in [-0.2, 0) is 9.53 Å². The van der Waals surface area contributed by atoms with Crippen LogP contribution in [0.15, 0.2) is 18.2 Å². The highest BCUT2D eigenvalue weighted by Gasteiger charge is 2.30. The summed E-state index contributed by atoms with van der Waals surface area (Å²) >= 11 is 5.89. The molecule has 112 valence electrons. The van der Waals surface area contributed by atoms with Crippen molar-refractivity contribution in [1.82, 2.24) is 4.90 Å². The number of benzene rings is 1. The number of nitro benzene ring substituents is 1. The number of morpholine rings is 1. The van der Waals surface area contributed by atoms with Crippen molar-refractivity contribution in [2.45, 2.75) is 6.10 Å². The number of non-ortho nitro benzene ring substituents is 1. The summed E-state index contributed by atoms with van der Waals surface area (Å²) in [5.74, 6) is -1.63. The van der Waals surface area contributed by atoms with E-state index in [-0.39, 0.29) is 36.0 Å². The number of nitrogens with zero attached hydrogens (tertiary/aromatic N) is 2. The minimum Gasteiger partial charge on any atom is -0.479 e. The topological polar surface area (TPSA) is 110 Å². The predicted octanol–water partition coefficient (Wildman–Crippen LogP) is 1.17. The first kappa shape index (κ1) is 15.2. The second-order valence-corrected chi connectivity index (χ2v) is 4.78. The largest absolute Gasteiger partial charge is 0.479 e. The minimum absolute atomic E-state index is 0.0485. The minimum atomic E-state index is -1.15. The second-order valence-electron chi connectivity index (χ2n) is 4.37. The average Bonchev–Trinajstić information content (AvgIpc) is 2.46. The molecule has 1 fully saturated rings. The van der Waals surface area contributed by atoms with Gasteiger partial charge >= 0.3 is 5.97 Å². The van der Waals surface area contributed by atoms with Crippen molar-refractivity contribution < 1.29 is 24.4 Å². The van der Waals surface area contributed by atoms with Gasteiger partial charge in [-0.15, -0.1) is 0 Å². The van der Waals surface area contributed by atoms with Gasteiger partial charge in [0.2, 0.25) is 0 Å². The van der Waals surface area contributed by atoms with E-state index >= 15 is 0 Å². The van der Waals surface area contributed by atoms with Crippen LogP contribution in [0, 0.1) is 10.1 Å². The summed E-state index contributed by atoms with van der Waals surface area (Å²) in [5.41, 5.74) is -0.129. The Hall–Kier alpha value is -2.19. The molecule has 0 saturated carbocycles. The van der Waals surface area contributed by atoms with E-state index < -0.39 is 22.9 Å². The molecule has 0 spiro atoms. The molecule has 1 aromatic rings. The fraction of sp³-hybridized carbons (Fsp3) is 0.333. The molecule has 0 aliphatic carbocycles. The Morgan fingerprint density at radius 2 is 2.19 bits per heavy atom. The molecule has 1 aromatic carbocycles. The maximum absolute atomic E-state index is 12.3. The van der Waals surface area contributed by atoms with Crippen LogP contribution in [0.25, 0.3) is 0 Å². The zero-order valence-electron chi connectivity index (χ0n) is 10.7. The van der Waals surface area contributed by atoms with Gasteiger partial charge in [0, 0.05) is 18.7 Å². The third-order valence-corrected chi connectivity index (χ3v) is 3.34. The molecular formula is C12H11ClN2O6. The van der Waals surface area contributed by atoms with Gasteiger partial charge in [0.25, 0.3) is 11.6 Å². The molecule has 1 N–H and O–H groups in total. The van der Waals surface area contributed by atoms with Crippen LogP contribution in [0.3, 0.4) is 0 Å². The summed E-state index contributed by atoms with van der Waals surface area (Å²) in [6.07, 6.45) is -1.08. The van der Waals surface area contributed by atoms with Crippen molar-refractivity contribution in [3.05, 3.63) is 38.9 Å². The smallest absolute Gasteiger partial charge is 0.334 e. The maximum atomic E-state index is 12.3. The summed E-state index contributed by atoms with van der Waals surface area (Å²) in [4.78, 5) is 34.5. The Kier molecular flexibility index (Phi) is 4.39. The Balaban J connectivity index is 2.20. The van der Waals surface area contributed by atoms with E-state index in [9.17, 15) is 19.7 Å². The summed E-state index contributed by atoms with van der Waals surface area (Å²) in [6.45, 7) is 0.241. The van der Waals surface area contributed by atoms with Crippen molar-refractivity contribution in [2.24, 2.45) is 0 Å². The molecular weight excluding hydrogens is 304 g/mol. The number of amides is 1. The molecule has 0 aromatic heterocycles. The van der Waals surface area contributed by atoms with E-state index in [4.69, 9.17) is 21.4 Å². The first-order valence-corrected chi connectivity index (χ1v) is 6.35. The van der Waals surface area contributed by atoms with Crippen LogP contribution in [-0.4, -0.2) is 52.6 Å². The van der Waals surface area contributed by atoms with Crippen LogP contribution in [0.4, 0.5) is 5.69 Å². The monoisotopic (exact) mass is 314 g/mol. The Morgan fingerprint density at radius 3 is 2.76 bits per heavy atom. The highest BCUT2D eigenvalue weighted by atomic mass is 35.5. The van der Waals surface area contributed by atoms with Gasteiger partial charge in [-0.05, 0) is 6.07 Å². The fourth-order valence-electron chi connectivity index (χ4n) is 1.94. The summed E-state index contributed by atoms with van der Waals surface area (Å²) in [6, 6.07) is 3.52. The number of carboxylic acids is 1. The summed E-state index contributed by atoms with van der Waals surface area (Å²) in [5, 5.41) is 19.5. The number of hydrogen-bond acceptors (Lipinski definition) is 5.